The smallest absolute Gasteiger partial charge is 0.410 e. The van der Waals surface area contributed by atoms with Crippen molar-refractivity contribution in [2.75, 3.05) is 13.1 Å². The molecular formula is C13H21N3O2. The molecule has 2 rings (SSSR count). The van der Waals surface area contributed by atoms with Crippen molar-refractivity contribution in [3.8, 4) is 0 Å². The van der Waals surface area contributed by atoms with E-state index in [0.29, 0.717) is 5.92 Å². The van der Waals surface area contributed by atoms with Gasteiger partial charge < -0.3 is 14.2 Å². The first-order chi connectivity index (χ1) is 8.58. The monoisotopic (exact) mass is 251 g/mol. The Labute approximate surface area is 108 Å². The SMILES string of the molecule is CC(C)OC(=O)N1CCC(c2nccn2C)CC1. The lowest BCUT2D eigenvalue weighted by atomic mass is 9.96. The minimum absolute atomic E-state index is 0.0511. The predicted molar refractivity (Wildman–Crippen MR) is 68.4 cm³/mol. The number of aromatic nitrogens is 2. The summed E-state index contributed by atoms with van der Waals surface area (Å²) in [5.74, 6) is 1.57. The van der Waals surface area contributed by atoms with E-state index < -0.39 is 0 Å². The van der Waals surface area contributed by atoms with E-state index in [2.05, 4.69) is 9.55 Å². The van der Waals surface area contributed by atoms with Crippen molar-refractivity contribution in [3.63, 3.8) is 0 Å². The molecule has 0 atom stereocenters. The van der Waals surface area contributed by atoms with Gasteiger partial charge in [-0.25, -0.2) is 9.78 Å². The van der Waals surface area contributed by atoms with Crippen molar-refractivity contribution in [2.24, 2.45) is 7.05 Å². The summed E-state index contributed by atoms with van der Waals surface area (Å²) in [5, 5.41) is 0. The zero-order valence-corrected chi connectivity index (χ0v) is 11.3. The van der Waals surface area contributed by atoms with Gasteiger partial charge in [0.1, 0.15) is 5.82 Å². The first kappa shape index (κ1) is 12.9. The van der Waals surface area contributed by atoms with Gasteiger partial charge in [-0.15, -0.1) is 0 Å². The lowest BCUT2D eigenvalue weighted by Crippen LogP contribution is -2.39. The summed E-state index contributed by atoms with van der Waals surface area (Å²) in [6.07, 6.45) is 5.47. The summed E-state index contributed by atoms with van der Waals surface area (Å²) in [6, 6.07) is 0. The Bertz CT molecular complexity index is 406. The highest BCUT2D eigenvalue weighted by atomic mass is 16.6. The van der Waals surface area contributed by atoms with Gasteiger partial charge >= 0.3 is 6.09 Å². The number of hydrogen-bond acceptors (Lipinski definition) is 3. The highest BCUT2D eigenvalue weighted by Crippen LogP contribution is 2.26. The van der Waals surface area contributed by atoms with Crippen LogP contribution < -0.4 is 0 Å². The van der Waals surface area contributed by atoms with Crippen molar-refractivity contribution in [1.29, 1.82) is 0 Å². The fourth-order valence-electron chi connectivity index (χ4n) is 2.37. The van der Waals surface area contributed by atoms with Crippen LogP contribution >= 0.6 is 0 Å². The lowest BCUT2D eigenvalue weighted by Gasteiger charge is -2.31. The zero-order chi connectivity index (χ0) is 13.1. The molecule has 1 aliphatic rings. The van der Waals surface area contributed by atoms with Crippen molar-refractivity contribution >= 4 is 6.09 Å². The van der Waals surface area contributed by atoms with Gasteiger partial charge in [-0.05, 0) is 26.7 Å². The van der Waals surface area contributed by atoms with Gasteiger partial charge in [0.05, 0.1) is 6.10 Å². The van der Waals surface area contributed by atoms with Crippen LogP contribution in [0.2, 0.25) is 0 Å². The van der Waals surface area contributed by atoms with Gasteiger partial charge in [0, 0.05) is 38.4 Å². The molecule has 0 aromatic carbocycles. The molecule has 1 fully saturated rings. The standard InChI is InChI=1S/C13H21N3O2/c1-10(2)18-13(17)16-7-4-11(5-8-16)12-14-6-9-15(12)3/h6,9-11H,4-5,7-8H2,1-3H3. The second-order valence-corrected chi connectivity index (χ2v) is 5.09. The third-order valence-electron chi connectivity index (χ3n) is 3.31. The number of nitrogens with zero attached hydrogens (tertiary/aromatic N) is 3. The molecule has 100 valence electrons. The van der Waals surface area contributed by atoms with Gasteiger partial charge in [-0.2, -0.15) is 0 Å². The van der Waals surface area contributed by atoms with Gasteiger partial charge in [-0.1, -0.05) is 0 Å². The fraction of sp³-hybridized carbons (Fsp3) is 0.692. The normalized spacial score (nSPS) is 17.2. The molecule has 0 unspecified atom stereocenters. The molecular weight excluding hydrogens is 230 g/mol. The summed E-state index contributed by atoms with van der Waals surface area (Å²) in [5.41, 5.74) is 0. The van der Waals surface area contributed by atoms with Crippen molar-refractivity contribution in [2.45, 2.75) is 38.7 Å². The Morgan fingerprint density at radius 2 is 2.11 bits per heavy atom. The van der Waals surface area contributed by atoms with Crippen LogP contribution in [0, 0.1) is 0 Å². The van der Waals surface area contributed by atoms with Crippen LogP contribution in [-0.4, -0.2) is 39.7 Å². The number of hydrogen-bond donors (Lipinski definition) is 0. The summed E-state index contributed by atoms with van der Waals surface area (Å²) in [6.45, 7) is 5.25. The maximum absolute atomic E-state index is 11.8. The van der Waals surface area contributed by atoms with Crippen LogP contribution in [0.15, 0.2) is 12.4 Å². The molecule has 5 heteroatoms. The molecule has 2 heterocycles. The quantitative estimate of drug-likeness (QED) is 0.809. The molecule has 0 aliphatic carbocycles. The Balaban J connectivity index is 1.88. The fourth-order valence-corrected chi connectivity index (χ4v) is 2.37. The first-order valence-electron chi connectivity index (χ1n) is 6.50. The Morgan fingerprint density at radius 3 is 2.61 bits per heavy atom. The molecule has 0 bridgehead atoms. The number of imidazole rings is 1. The number of carbonyl (C=O) groups is 1. The van der Waals surface area contributed by atoms with Crippen LogP contribution in [0.5, 0.6) is 0 Å². The van der Waals surface area contributed by atoms with Crippen molar-refractivity contribution in [1.82, 2.24) is 14.5 Å². The number of likely N-dealkylation sites (tertiary alicyclic amines) is 1. The van der Waals surface area contributed by atoms with Gasteiger partial charge in [0.2, 0.25) is 0 Å². The van der Waals surface area contributed by atoms with Crippen LogP contribution in [0.3, 0.4) is 0 Å². The minimum Gasteiger partial charge on any atom is -0.447 e. The maximum atomic E-state index is 11.8. The van der Waals surface area contributed by atoms with E-state index >= 15 is 0 Å². The number of amides is 1. The second kappa shape index (κ2) is 5.42. The third kappa shape index (κ3) is 2.83. The maximum Gasteiger partial charge on any atom is 0.410 e. The molecule has 0 N–H and O–H groups in total. The summed E-state index contributed by atoms with van der Waals surface area (Å²) in [4.78, 5) is 17.9. The average Bonchev–Trinajstić information content (AvgIpc) is 2.75. The molecule has 1 aromatic heterocycles. The minimum atomic E-state index is -0.191. The van der Waals surface area contributed by atoms with Gasteiger partial charge in [0.25, 0.3) is 0 Å². The molecule has 0 radical (unpaired) electrons. The number of ether oxygens (including phenoxy) is 1. The van der Waals surface area contributed by atoms with E-state index in [1.54, 1.807) is 4.90 Å². The third-order valence-corrected chi connectivity index (χ3v) is 3.31. The number of aryl methyl sites for hydroxylation is 1. The largest absolute Gasteiger partial charge is 0.447 e. The Morgan fingerprint density at radius 1 is 1.44 bits per heavy atom. The first-order valence-corrected chi connectivity index (χ1v) is 6.50. The highest BCUT2D eigenvalue weighted by Gasteiger charge is 2.26. The molecule has 1 aliphatic heterocycles. The molecule has 18 heavy (non-hydrogen) atoms. The topological polar surface area (TPSA) is 47.4 Å². The van der Waals surface area contributed by atoms with Crippen LogP contribution in [0.1, 0.15) is 38.4 Å². The lowest BCUT2D eigenvalue weighted by molar-refractivity contribution is 0.0688. The number of rotatable bonds is 2. The van der Waals surface area contributed by atoms with E-state index in [0.717, 1.165) is 31.8 Å². The molecule has 0 saturated carbocycles. The van der Waals surface area contributed by atoms with E-state index in [4.69, 9.17) is 4.74 Å². The van der Waals surface area contributed by atoms with E-state index in [1.807, 2.05) is 33.3 Å². The van der Waals surface area contributed by atoms with Crippen molar-refractivity contribution in [3.05, 3.63) is 18.2 Å². The number of piperidine rings is 1. The summed E-state index contributed by atoms with van der Waals surface area (Å²) < 4.78 is 7.27. The van der Waals surface area contributed by atoms with Gasteiger partial charge in [-0.3, -0.25) is 0 Å². The van der Waals surface area contributed by atoms with Crippen LogP contribution in [0.4, 0.5) is 4.79 Å². The average molecular weight is 251 g/mol. The highest BCUT2D eigenvalue weighted by molar-refractivity contribution is 5.67. The Kier molecular flexibility index (Phi) is 3.89. The molecule has 1 aromatic rings. The van der Waals surface area contributed by atoms with Crippen molar-refractivity contribution < 1.29 is 9.53 Å². The summed E-state index contributed by atoms with van der Waals surface area (Å²) in [7, 11) is 2.02. The molecule has 1 saturated heterocycles. The zero-order valence-electron chi connectivity index (χ0n) is 11.3. The van der Waals surface area contributed by atoms with E-state index in [-0.39, 0.29) is 12.2 Å². The Hall–Kier alpha value is -1.52. The predicted octanol–water partition coefficient (Wildman–Crippen LogP) is 2.14. The van der Waals surface area contributed by atoms with E-state index in [1.165, 1.54) is 0 Å². The van der Waals surface area contributed by atoms with Crippen LogP contribution in [0.25, 0.3) is 0 Å². The van der Waals surface area contributed by atoms with E-state index in [9.17, 15) is 4.79 Å². The number of carbonyl (C=O) groups excluding carboxylic acids is 1. The van der Waals surface area contributed by atoms with Crippen LogP contribution in [-0.2, 0) is 11.8 Å². The molecule has 5 nitrogen and oxygen atoms in total. The molecule has 1 amide bonds. The molecule has 0 spiro atoms. The van der Waals surface area contributed by atoms with Gasteiger partial charge in [0.15, 0.2) is 0 Å². The summed E-state index contributed by atoms with van der Waals surface area (Å²) >= 11 is 0. The second-order valence-electron chi connectivity index (χ2n) is 5.09.